The number of piperidine rings is 1. The highest BCUT2D eigenvalue weighted by atomic mass is 35.5. The number of carbonyl (C=O) groups excluding carboxylic acids is 1. The number of hydrogen-bond acceptors (Lipinski definition) is 4. The van der Waals surface area contributed by atoms with E-state index in [1.807, 2.05) is 35.2 Å². The molecular formula is C19H24ClN3O2. The molecule has 6 heteroatoms. The van der Waals surface area contributed by atoms with Gasteiger partial charge in [0, 0.05) is 37.2 Å². The van der Waals surface area contributed by atoms with Crippen LogP contribution in [0.1, 0.15) is 23.3 Å². The Balaban J connectivity index is 0.00000182. The minimum Gasteiger partial charge on any atom is -0.396 e. The predicted octanol–water partition coefficient (Wildman–Crippen LogP) is 2.09. The molecule has 134 valence electrons. The molecule has 5 nitrogen and oxygen atoms in total. The molecule has 1 spiro atoms. The fourth-order valence-corrected chi connectivity index (χ4v) is 4.37. The third-order valence-corrected chi connectivity index (χ3v) is 5.80. The summed E-state index contributed by atoms with van der Waals surface area (Å²) >= 11 is 0. The Kier molecular flexibility index (Phi) is 5.27. The van der Waals surface area contributed by atoms with Crippen LogP contribution >= 0.6 is 12.4 Å². The SMILES string of the molecule is Cl.O=C(c1nccc2ccccc12)N1CC(CO)C2(CCNCC2)C1. The summed E-state index contributed by atoms with van der Waals surface area (Å²) < 4.78 is 0. The number of halogens is 1. The average molecular weight is 362 g/mol. The number of fused-ring (bicyclic) bond motifs is 1. The van der Waals surface area contributed by atoms with Gasteiger partial charge in [0.1, 0.15) is 5.69 Å². The zero-order chi connectivity index (χ0) is 16.6. The van der Waals surface area contributed by atoms with Crippen LogP contribution in [0.15, 0.2) is 36.5 Å². The third kappa shape index (κ3) is 3.12. The van der Waals surface area contributed by atoms with E-state index in [1.54, 1.807) is 6.20 Å². The number of carbonyl (C=O) groups is 1. The summed E-state index contributed by atoms with van der Waals surface area (Å²) in [7, 11) is 0. The number of aliphatic hydroxyl groups is 1. The lowest BCUT2D eigenvalue weighted by molar-refractivity contribution is 0.0752. The number of aromatic nitrogens is 1. The van der Waals surface area contributed by atoms with Crippen LogP contribution in [0.25, 0.3) is 10.8 Å². The Bertz CT molecular complexity index is 756. The first-order valence-corrected chi connectivity index (χ1v) is 8.68. The van der Waals surface area contributed by atoms with Crippen LogP contribution in [0.5, 0.6) is 0 Å². The first-order valence-electron chi connectivity index (χ1n) is 8.68. The van der Waals surface area contributed by atoms with Gasteiger partial charge in [-0.05, 0) is 42.8 Å². The lowest BCUT2D eigenvalue weighted by Crippen LogP contribution is -2.43. The summed E-state index contributed by atoms with van der Waals surface area (Å²) in [5.74, 6) is 0.152. The Morgan fingerprint density at radius 2 is 2.04 bits per heavy atom. The molecule has 2 aromatic rings. The quantitative estimate of drug-likeness (QED) is 0.859. The summed E-state index contributed by atoms with van der Waals surface area (Å²) in [5.41, 5.74) is 0.580. The highest BCUT2D eigenvalue weighted by Gasteiger charge is 2.48. The fraction of sp³-hybridized carbons (Fsp3) is 0.474. The molecule has 1 aromatic carbocycles. The number of aliphatic hydroxyl groups excluding tert-OH is 1. The molecule has 0 saturated carbocycles. The van der Waals surface area contributed by atoms with Crippen LogP contribution < -0.4 is 5.32 Å². The van der Waals surface area contributed by atoms with Crippen molar-refractivity contribution in [1.29, 1.82) is 0 Å². The summed E-state index contributed by atoms with van der Waals surface area (Å²) in [6.07, 6.45) is 3.74. The normalized spacial score (nSPS) is 22.1. The molecule has 4 rings (SSSR count). The second-order valence-corrected chi connectivity index (χ2v) is 7.06. The first kappa shape index (κ1) is 18.1. The van der Waals surface area contributed by atoms with Gasteiger partial charge in [0.25, 0.3) is 5.91 Å². The van der Waals surface area contributed by atoms with Gasteiger partial charge in [-0.1, -0.05) is 24.3 Å². The third-order valence-electron chi connectivity index (χ3n) is 5.80. The molecular weight excluding hydrogens is 338 g/mol. The summed E-state index contributed by atoms with van der Waals surface area (Å²) in [6, 6.07) is 9.80. The van der Waals surface area contributed by atoms with Gasteiger partial charge in [0.15, 0.2) is 0 Å². The van der Waals surface area contributed by atoms with Crippen molar-refractivity contribution in [2.24, 2.45) is 11.3 Å². The number of hydrogen-bond donors (Lipinski definition) is 2. The van der Waals surface area contributed by atoms with Gasteiger partial charge < -0.3 is 15.3 Å². The van der Waals surface area contributed by atoms with Crippen LogP contribution in [0.2, 0.25) is 0 Å². The predicted molar refractivity (Wildman–Crippen MR) is 100 cm³/mol. The van der Waals surface area contributed by atoms with Crippen molar-refractivity contribution in [3.05, 3.63) is 42.2 Å². The second kappa shape index (κ2) is 7.28. The lowest BCUT2D eigenvalue weighted by Gasteiger charge is -2.37. The molecule has 3 heterocycles. The molecule has 1 aromatic heterocycles. The van der Waals surface area contributed by atoms with Gasteiger partial charge in [0.05, 0.1) is 0 Å². The number of benzene rings is 1. The standard InChI is InChI=1S/C19H23N3O2.ClH/c23-12-15-11-22(13-19(15)6-9-20-10-7-19)18(24)17-16-4-2-1-3-14(16)5-8-21-17;/h1-5,8,15,20,23H,6-7,9-13H2;1H. The van der Waals surface area contributed by atoms with Crippen LogP contribution in [0.4, 0.5) is 0 Å². The van der Waals surface area contributed by atoms with Crippen LogP contribution in [0, 0.1) is 11.3 Å². The van der Waals surface area contributed by atoms with E-state index in [-0.39, 0.29) is 36.3 Å². The smallest absolute Gasteiger partial charge is 0.273 e. The van der Waals surface area contributed by atoms with Gasteiger partial charge in [-0.3, -0.25) is 9.78 Å². The molecule has 1 amide bonds. The number of likely N-dealkylation sites (tertiary alicyclic amines) is 1. The van der Waals surface area contributed by atoms with Gasteiger partial charge >= 0.3 is 0 Å². The molecule has 1 unspecified atom stereocenters. The first-order chi connectivity index (χ1) is 11.7. The Labute approximate surface area is 153 Å². The molecule has 0 radical (unpaired) electrons. The zero-order valence-electron chi connectivity index (χ0n) is 14.1. The van der Waals surface area contributed by atoms with Crippen molar-refractivity contribution < 1.29 is 9.90 Å². The topological polar surface area (TPSA) is 65.5 Å². The van der Waals surface area contributed by atoms with E-state index in [0.29, 0.717) is 12.2 Å². The Morgan fingerprint density at radius 3 is 2.80 bits per heavy atom. The molecule has 2 saturated heterocycles. The molecule has 2 aliphatic rings. The zero-order valence-corrected chi connectivity index (χ0v) is 15.0. The molecule has 2 aliphatic heterocycles. The van der Waals surface area contributed by atoms with Crippen molar-refractivity contribution in [3.8, 4) is 0 Å². The van der Waals surface area contributed by atoms with Crippen LogP contribution in [0.3, 0.4) is 0 Å². The van der Waals surface area contributed by atoms with E-state index in [9.17, 15) is 9.90 Å². The van der Waals surface area contributed by atoms with E-state index in [4.69, 9.17) is 0 Å². The highest BCUT2D eigenvalue weighted by molar-refractivity contribution is 6.05. The van der Waals surface area contributed by atoms with E-state index in [2.05, 4.69) is 10.3 Å². The molecule has 1 atom stereocenters. The minimum absolute atomic E-state index is 0. The molecule has 2 N–H and O–H groups in total. The second-order valence-electron chi connectivity index (χ2n) is 7.06. The van der Waals surface area contributed by atoms with Crippen molar-refractivity contribution in [1.82, 2.24) is 15.2 Å². The van der Waals surface area contributed by atoms with Crippen molar-refractivity contribution in [2.75, 3.05) is 32.8 Å². The van der Waals surface area contributed by atoms with Gasteiger partial charge in [-0.25, -0.2) is 0 Å². The van der Waals surface area contributed by atoms with Crippen LogP contribution in [-0.2, 0) is 0 Å². The Hall–Kier alpha value is -1.69. The van der Waals surface area contributed by atoms with E-state index < -0.39 is 0 Å². The average Bonchev–Trinajstić information content (AvgIpc) is 2.99. The number of amides is 1. The van der Waals surface area contributed by atoms with E-state index in [1.165, 1.54) is 0 Å². The maximum absolute atomic E-state index is 13.1. The number of pyridine rings is 1. The largest absolute Gasteiger partial charge is 0.396 e. The lowest BCUT2D eigenvalue weighted by atomic mass is 9.71. The minimum atomic E-state index is -0.0133. The van der Waals surface area contributed by atoms with Gasteiger partial charge in [0.2, 0.25) is 0 Å². The maximum atomic E-state index is 13.1. The van der Waals surface area contributed by atoms with Crippen molar-refractivity contribution in [3.63, 3.8) is 0 Å². The van der Waals surface area contributed by atoms with Crippen molar-refractivity contribution in [2.45, 2.75) is 12.8 Å². The molecule has 2 fully saturated rings. The fourth-order valence-electron chi connectivity index (χ4n) is 4.37. The molecule has 0 aliphatic carbocycles. The van der Waals surface area contributed by atoms with Crippen molar-refractivity contribution >= 4 is 29.1 Å². The molecule has 25 heavy (non-hydrogen) atoms. The number of nitrogens with one attached hydrogen (secondary N) is 1. The maximum Gasteiger partial charge on any atom is 0.273 e. The number of nitrogens with zero attached hydrogens (tertiary/aromatic N) is 2. The highest BCUT2D eigenvalue weighted by Crippen LogP contribution is 2.43. The van der Waals surface area contributed by atoms with E-state index in [0.717, 1.165) is 43.2 Å². The summed E-state index contributed by atoms with van der Waals surface area (Å²) in [5, 5.41) is 15.2. The summed E-state index contributed by atoms with van der Waals surface area (Å²) in [4.78, 5) is 19.4. The van der Waals surface area contributed by atoms with E-state index >= 15 is 0 Å². The van der Waals surface area contributed by atoms with Gasteiger partial charge in [-0.15, -0.1) is 12.4 Å². The van der Waals surface area contributed by atoms with Crippen LogP contribution in [-0.4, -0.2) is 53.7 Å². The monoisotopic (exact) mass is 361 g/mol. The Morgan fingerprint density at radius 1 is 1.28 bits per heavy atom. The summed E-state index contributed by atoms with van der Waals surface area (Å²) in [6.45, 7) is 3.42. The number of rotatable bonds is 2. The van der Waals surface area contributed by atoms with Gasteiger partial charge in [-0.2, -0.15) is 0 Å². The molecule has 0 bridgehead atoms.